The number of aromatic amines is 1. The van der Waals surface area contributed by atoms with Crippen LogP contribution < -0.4 is 0 Å². The molecule has 1 aliphatic rings. The summed E-state index contributed by atoms with van der Waals surface area (Å²) in [7, 11) is 0. The Labute approximate surface area is 193 Å². The van der Waals surface area contributed by atoms with Crippen LogP contribution in [0.4, 0.5) is 0 Å². The summed E-state index contributed by atoms with van der Waals surface area (Å²) >= 11 is 15.7. The second-order valence-corrected chi connectivity index (χ2v) is 10.6. The largest absolute Gasteiger partial charge is 0.362 e. The van der Waals surface area contributed by atoms with Crippen molar-refractivity contribution in [1.29, 1.82) is 0 Å². The number of halogens is 2. The zero-order valence-electron chi connectivity index (χ0n) is 15.6. The molecule has 0 bridgehead atoms. The van der Waals surface area contributed by atoms with Gasteiger partial charge in [-0.15, -0.1) is 0 Å². The summed E-state index contributed by atoms with van der Waals surface area (Å²) in [6.07, 6.45) is 1.79. The Hall–Kier alpha value is -2.11. The average molecular weight is 468 g/mol. The van der Waals surface area contributed by atoms with Crippen molar-refractivity contribution in [1.82, 2.24) is 4.98 Å². The Morgan fingerprint density at radius 2 is 1.33 bits per heavy atom. The first kappa shape index (κ1) is 19.8. The highest BCUT2D eigenvalue weighted by atomic mass is 35.5. The fourth-order valence-electron chi connectivity index (χ4n) is 3.49. The smallest absolute Gasteiger partial charge is 0.194 e. The highest BCUT2D eigenvalue weighted by Crippen LogP contribution is 2.64. The topological polar surface area (TPSA) is 32.9 Å². The minimum absolute atomic E-state index is 0.0362. The van der Waals surface area contributed by atoms with Crippen molar-refractivity contribution in [2.24, 2.45) is 0 Å². The van der Waals surface area contributed by atoms with Crippen LogP contribution in [0.2, 0.25) is 10.0 Å². The van der Waals surface area contributed by atoms with Crippen LogP contribution in [-0.2, 0) is 4.08 Å². The molecule has 2 nitrogen and oxygen atoms in total. The molecule has 1 aromatic heterocycles. The second kappa shape index (κ2) is 7.86. The molecule has 3 aromatic carbocycles. The molecule has 0 saturated heterocycles. The summed E-state index contributed by atoms with van der Waals surface area (Å²) in [5, 5.41) is 1.31. The Morgan fingerprint density at radius 1 is 0.767 bits per heavy atom. The molecule has 0 fully saturated rings. The number of hydrogen-bond acceptors (Lipinski definition) is 3. The Bertz CT molecular complexity index is 1210. The summed E-state index contributed by atoms with van der Waals surface area (Å²) < 4.78 is -0.424. The minimum atomic E-state index is -0.424. The van der Waals surface area contributed by atoms with Crippen LogP contribution in [0.1, 0.15) is 27.2 Å². The maximum absolute atomic E-state index is 13.0. The van der Waals surface area contributed by atoms with E-state index < -0.39 is 4.08 Å². The molecule has 4 aromatic rings. The fraction of sp³-hybridized carbons (Fsp3) is 0.0417. The maximum Gasteiger partial charge on any atom is 0.194 e. The summed E-state index contributed by atoms with van der Waals surface area (Å²) in [6.45, 7) is 0. The van der Waals surface area contributed by atoms with Gasteiger partial charge >= 0.3 is 0 Å². The molecule has 0 spiro atoms. The van der Waals surface area contributed by atoms with Gasteiger partial charge in [-0.25, -0.2) is 0 Å². The van der Waals surface area contributed by atoms with Crippen molar-refractivity contribution in [3.63, 3.8) is 0 Å². The molecule has 0 amide bonds. The standard InChI is InChI=1S/C24H15Cl2NOS2/c25-18-9-5-15(6-10-18)23(28)16-13-22(27-14-16)24(17-7-11-19(26)12-8-17)29-20-3-1-2-4-21(20)30-24/h1-14,27H. The molecule has 1 aliphatic heterocycles. The number of aromatic nitrogens is 1. The molecule has 0 atom stereocenters. The summed E-state index contributed by atoms with van der Waals surface area (Å²) in [5.74, 6) is -0.0362. The van der Waals surface area contributed by atoms with Crippen molar-refractivity contribution in [2.75, 3.05) is 0 Å². The van der Waals surface area contributed by atoms with Crippen molar-refractivity contribution in [3.8, 4) is 0 Å². The third-order valence-electron chi connectivity index (χ3n) is 4.99. The third-order valence-corrected chi connectivity index (χ3v) is 8.76. The van der Waals surface area contributed by atoms with Crippen LogP contribution in [0.5, 0.6) is 0 Å². The first-order valence-corrected chi connectivity index (χ1v) is 11.7. The van der Waals surface area contributed by atoms with Gasteiger partial charge in [0.2, 0.25) is 0 Å². The van der Waals surface area contributed by atoms with E-state index in [0.717, 1.165) is 11.3 Å². The number of rotatable bonds is 4. The van der Waals surface area contributed by atoms with Crippen molar-refractivity contribution in [3.05, 3.63) is 117 Å². The minimum Gasteiger partial charge on any atom is -0.362 e. The molecular weight excluding hydrogens is 453 g/mol. The highest BCUT2D eigenvalue weighted by Gasteiger charge is 2.44. The molecular formula is C24H15Cl2NOS2. The summed E-state index contributed by atoms with van der Waals surface area (Å²) in [6, 6.07) is 25.2. The van der Waals surface area contributed by atoms with E-state index >= 15 is 0 Å². The van der Waals surface area contributed by atoms with Crippen LogP contribution >= 0.6 is 46.7 Å². The lowest BCUT2D eigenvalue weighted by Crippen LogP contribution is -2.17. The molecule has 5 rings (SSSR count). The van der Waals surface area contributed by atoms with E-state index in [-0.39, 0.29) is 5.78 Å². The summed E-state index contributed by atoms with van der Waals surface area (Å²) in [5.41, 5.74) is 3.32. The van der Waals surface area contributed by atoms with Gasteiger partial charge in [-0.1, -0.05) is 71.0 Å². The van der Waals surface area contributed by atoms with E-state index in [1.165, 1.54) is 9.79 Å². The number of hydrogen-bond donors (Lipinski definition) is 1. The first-order valence-electron chi connectivity index (χ1n) is 9.27. The third kappa shape index (κ3) is 3.48. The number of thioether (sulfide) groups is 2. The molecule has 0 aliphatic carbocycles. The van der Waals surface area contributed by atoms with Gasteiger partial charge < -0.3 is 4.98 Å². The number of carbonyl (C=O) groups is 1. The monoisotopic (exact) mass is 467 g/mol. The molecule has 6 heteroatoms. The van der Waals surface area contributed by atoms with Crippen LogP contribution in [0.25, 0.3) is 0 Å². The van der Waals surface area contributed by atoms with Crippen molar-refractivity contribution >= 4 is 52.5 Å². The number of ketones is 1. The van der Waals surface area contributed by atoms with Gasteiger partial charge in [-0.2, -0.15) is 0 Å². The van der Waals surface area contributed by atoms with E-state index in [9.17, 15) is 4.79 Å². The van der Waals surface area contributed by atoms with Crippen LogP contribution in [0.3, 0.4) is 0 Å². The van der Waals surface area contributed by atoms with Gasteiger partial charge in [0.15, 0.2) is 5.78 Å². The van der Waals surface area contributed by atoms with Gasteiger partial charge in [-0.05, 0) is 60.2 Å². The molecule has 0 saturated carbocycles. The zero-order valence-corrected chi connectivity index (χ0v) is 18.7. The lowest BCUT2D eigenvalue weighted by Gasteiger charge is -2.27. The predicted octanol–water partition coefficient (Wildman–Crippen LogP) is 7.65. The molecule has 30 heavy (non-hydrogen) atoms. The number of carbonyl (C=O) groups excluding carboxylic acids is 1. The van der Waals surface area contributed by atoms with Gasteiger partial charge in [0.05, 0.1) is 0 Å². The SMILES string of the molecule is O=C(c1ccc(Cl)cc1)c1c[nH]c(C2(c3ccc(Cl)cc3)Sc3ccccc3S2)c1. The number of fused-ring (bicyclic) bond motifs is 1. The number of nitrogens with one attached hydrogen (secondary N) is 1. The van der Waals surface area contributed by atoms with Crippen LogP contribution in [-0.4, -0.2) is 10.8 Å². The molecule has 0 unspecified atom stereocenters. The lowest BCUT2D eigenvalue weighted by molar-refractivity contribution is 0.103. The van der Waals surface area contributed by atoms with Gasteiger partial charge in [0.1, 0.15) is 4.08 Å². The van der Waals surface area contributed by atoms with Gasteiger partial charge in [0, 0.05) is 42.9 Å². The molecule has 2 heterocycles. The second-order valence-electron chi connectivity index (χ2n) is 6.91. The van der Waals surface area contributed by atoms with Gasteiger partial charge in [-0.3, -0.25) is 4.79 Å². The maximum atomic E-state index is 13.0. The predicted molar refractivity (Wildman–Crippen MR) is 126 cm³/mol. The van der Waals surface area contributed by atoms with Crippen LogP contribution in [0.15, 0.2) is 94.9 Å². The van der Waals surface area contributed by atoms with Crippen molar-refractivity contribution in [2.45, 2.75) is 13.9 Å². The zero-order chi connectivity index (χ0) is 20.7. The number of benzene rings is 3. The average Bonchev–Trinajstić information content (AvgIpc) is 3.40. The highest BCUT2D eigenvalue weighted by molar-refractivity contribution is 8.20. The summed E-state index contributed by atoms with van der Waals surface area (Å²) in [4.78, 5) is 18.8. The first-order chi connectivity index (χ1) is 14.5. The van der Waals surface area contributed by atoms with E-state index in [4.69, 9.17) is 23.2 Å². The molecule has 1 N–H and O–H groups in total. The lowest BCUT2D eigenvalue weighted by atomic mass is 10.0. The van der Waals surface area contributed by atoms with Gasteiger partial charge in [0.25, 0.3) is 0 Å². The quantitative estimate of drug-likeness (QED) is 0.312. The van der Waals surface area contributed by atoms with E-state index in [2.05, 4.69) is 41.4 Å². The Balaban J connectivity index is 1.57. The Morgan fingerprint density at radius 3 is 1.93 bits per heavy atom. The van der Waals surface area contributed by atoms with E-state index in [1.54, 1.807) is 54.0 Å². The number of H-pyrrole nitrogens is 1. The van der Waals surface area contributed by atoms with E-state index in [1.807, 2.05) is 18.2 Å². The normalized spacial score (nSPS) is 14.5. The van der Waals surface area contributed by atoms with E-state index in [0.29, 0.717) is 21.2 Å². The van der Waals surface area contributed by atoms with Crippen LogP contribution in [0, 0.1) is 0 Å². The van der Waals surface area contributed by atoms with Crippen molar-refractivity contribution < 1.29 is 4.79 Å². The molecule has 148 valence electrons. The molecule has 0 radical (unpaired) electrons. The fourth-order valence-corrected chi connectivity index (χ4v) is 6.91. The Kier molecular flexibility index (Phi) is 5.19.